The number of allylic oxidation sites excluding steroid dienone is 2. The molecule has 3 rings (SSSR count). The maximum atomic E-state index is 11.8. The van der Waals surface area contributed by atoms with E-state index in [2.05, 4.69) is 0 Å². The predicted molar refractivity (Wildman–Crippen MR) is 129 cm³/mol. The molecule has 0 saturated heterocycles. The lowest BCUT2D eigenvalue weighted by Gasteiger charge is -2.04. The molecule has 3 aromatic rings. The van der Waals surface area contributed by atoms with Crippen molar-refractivity contribution < 1.29 is 23.5 Å². The molecular formula is C28H28O5. The zero-order valence-electron chi connectivity index (χ0n) is 19.0. The molecule has 0 atom stereocenters. The Morgan fingerprint density at radius 1 is 0.667 bits per heavy atom. The maximum absolute atomic E-state index is 11.8. The number of hydrogen-bond donors (Lipinski definition) is 0. The predicted octanol–water partition coefficient (Wildman–Crippen LogP) is 7.14. The van der Waals surface area contributed by atoms with Gasteiger partial charge >= 0.3 is 11.9 Å². The molecule has 0 spiro atoms. The molecule has 0 N–H and O–H groups in total. The summed E-state index contributed by atoms with van der Waals surface area (Å²) in [6.07, 6.45) is 10.2. The molecule has 0 aliphatic heterocycles. The Balaban J connectivity index is 1.61. The second-order valence-electron chi connectivity index (χ2n) is 7.44. The van der Waals surface area contributed by atoms with Crippen molar-refractivity contribution >= 4 is 11.9 Å². The number of unbranched alkanes of at least 4 members (excludes halogenated alkanes) is 2. The summed E-state index contributed by atoms with van der Waals surface area (Å²) >= 11 is 0. The molecule has 0 bridgehead atoms. The van der Waals surface area contributed by atoms with Gasteiger partial charge in [0.05, 0.1) is 0 Å². The van der Waals surface area contributed by atoms with Gasteiger partial charge in [0.1, 0.15) is 23.0 Å². The number of carbonyl (C=O) groups is 2. The largest absolute Gasteiger partial charge is 0.456 e. The van der Waals surface area contributed by atoms with Crippen molar-refractivity contribution in [1.82, 2.24) is 0 Å². The standard InChI is InChI=1S/C28H28O5/c1-3-5-7-9-27(29)31-23-15-11-21(12-16-23)25-19-20-26(33-25)22-13-17-24(18-14-22)32-28(30)10-8-6-4-2/h7-20H,3-6H2,1-2H3. The zero-order chi connectivity index (χ0) is 23.5. The summed E-state index contributed by atoms with van der Waals surface area (Å²) < 4.78 is 16.6. The molecule has 5 heteroatoms. The van der Waals surface area contributed by atoms with Gasteiger partial charge in [-0.2, -0.15) is 0 Å². The van der Waals surface area contributed by atoms with Gasteiger partial charge in [-0.1, -0.05) is 38.8 Å². The van der Waals surface area contributed by atoms with Crippen LogP contribution in [0.4, 0.5) is 0 Å². The number of hydrogen-bond acceptors (Lipinski definition) is 5. The second-order valence-corrected chi connectivity index (χ2v) is 7.44. The van der Waals surface area contributed by atoms with Crippen LogP contribution in [0.15, 0.2) is 89.4 Å². The van der Waals surface area contributed by atoms with Crippen molar-refractivity contribution in [2.75, 3.05) is 0 Å². The van der Waals surface area contributed by atoms with Crippen molar-refractivity contribution in [2.45, 2.75) is 39.5 Å². The Labute approximate surface area is 194 Å². The monoisotopic (exact) mass is 444 g/mol. The second kappa shape index (κ2) is 12.2. The van der Waals surface area contributed by atoms with Gasteiger partial charge in [-0.05, 0) is 73.5 Å². The lowest BCUT2D eigenvalue weighted by Crippen LogP contribution is -2.03. The van der Waals surface area contributed by atoms with E-state index in [9.17, 15) is 9.59 Å². The number of benzene rings is 2. The number of rotatable bonds is 10. The molecule has 2 aromatic carbocycles. The fraction of sp³-hybridized carbons (Fsp3) is 0.214. The minimum atomic E-state index is -0.386. The lowest BCUT2D eigenvalue weighted by molar-refractivity contribution is -0.129. The molecule has 170 valence electrons. The summed E-state index contributed by atoms with van der Waals surface area (Å²) in [4.78, 5) is 23.6. The van der Waals surface area contributed by atoms with Gasteiger partial charge in [-0.15, -0.1) is 0 Å². The van der Waals surface area contributed by atoms with E-state index < -0.39 is 0 Å². The van der Waals surface area contributed by atoms with Gasteiger partial charge in [0.15, 0.2) is 0 Å². The summed E-state index contributed by atoms with van der Waals surface area (Å²) in [5.74, 6) is 1.58. The fourth-order valence-electron chi connectivity index (χ4n) is 3.02. The van der Waals surface area contributed by atoms with Gasteiger partial charge in [-0.25, -0.2) is 9.59 Å². The third-order valence-electron chi connectivity index (χ3n) is 4.74. The Kier molecular flexibility index (Phi) is 8.83. The number of furan rings is 1. The van der Waals surface area contributed by atoms with E-state index in [1.54, 1.807) is 24.3 Å². The number of carbonyl (C=O) groups excluding carboxylic acids is 2. The van der Waals surface area contributed by atoms with Crippen molar-refractivity contribution in [3.8, 4) is 34.1 Å². The van der Waals surface area contributed by atoms with Gasteiger partial charge in [0, 0.05) is 23.3 Å². The van der Waals surface area contributed by atoms with Gasteiger partial charge < -0.3 is 13.9 Å². The van der Waals surface area contributed by atoms with Crippen LogP contribution in [0.25, 0.3) is 22.6 Å². The topological polar surface area (TPSA) is 65.7 Å². The molecule has 0 fully saturated rings. The van der Waals surface area contributed by atoms with Gasteiger partial charge in [0.25, 0.3) is 0 Å². The SMILES string of the molecule is CCCC=CC(=O)Oc1ccc(-c2ccc(-c3ccc(OC(=O)C=CCCC)cc3)o2)cc1. The third-order valence-corrected chi connectivity index (χ3v) is 4.74. The summed E-state index contributed by atoms with van der Waals surface area (Å²) in [5.41, 5.74) is 1.74. The van der Waals surface area contributed by atoms with Crippen molar-refractivity contribution in [3.63, 3.8) is 0 Å². The van der Waals surface area contributed by atoms with Gasteiger partial charge in [0.2, 0.25) is 0 Å². The van der Waals surface area contributed by atoms with Crippen molar-refractivity contribution in [3.05, 3.63) is 85.0 Å². The maximum Gasteiger partial charge on any atom is 0.335 e. The Morgan fingerprint density at radius 3 is 1.42 bits per heavy atom. The average molecular weight is 445 g/mol. The first-order valence-electron chi connectivity index (χ1n) is 11.2. The number of ether oxygens (including phenoxy) is 2. The Morgan fingerprint density at radius 2 is 1.06 bits per heavy atom. The summed E-state index contributed by atoms with van der Waals surface area (Å²) in [6.45, 7) is 4.10. The van der Waals surface area contributed by atoms with Crippen LogP contribution in [0.1, 0.15) is 39.5 Å². The molecule has 0 aliphatic carbocycles. The smallest absolute Gasteiger partial charge is 0.335 e. The van der Waals surface area contributed by atoms with E-state index in [0.29, 0.717) is 23.0 Å². The van der Waals surface area contributed by atoms with Crippen LogP contribution in [0.2, 0.25) is 0 Å². The van der Waals surface area contributed by atoms with E-state index in [4.69, 9.17) is 13.9 Å². The average Bonchev–Trinajstić information content (AvgIpc) is 3.31. The molecule has 0 saturated carbocycles. The number of esters is 2. The van der Waals surface area contributed by atoms with E-state index in [1.165, 1.54) is 12.2 Å². The van der Waals surface area contributed by atoms with Crippen molar-refractivity contribution in [2.24, 2.45) is 0 Å². The quantitative estimate of drug-likeness (QED) is 0.189. The molecule has 1 heterocycles. The minimum absolute atomic E-state index is 0.386. The first kappa shape index (κ1) is 23.8. The van der Waals surface area contributed by atoms with Crippen LogP contribution >= 0.6 is 0 Å². The molecular weight excluding hydrogens is 416 g/mol. The summed E-state index contributed by atoms with van der Waals surface area (Å²) in [7, 11) is 0. The summed E-state index contributed by atoms with van der Waals surface area (Å²) in [6, 6.07) is 18.1. The molecule has 0 unspecified atom stereocenters. The molecule has 5 nitrogen and oxygen atoms in total. The first-order chi connectivity index (χ1) is 16.1. The van der Waals surface area contributed by atoms with Crippen LogP contribution in [-0.2, 0) is 9.59 Å². The van der Waals surface area contributed by atoms with E-state index in [0.717, 1.165) is 36.8 Å². The Hall–Kier alpha value is -3.86. The van der Waals surface area contributed by atoms with Crippen LogP contribution in [0.3, 0.4) is 0 Å². The third kappa shape index (κ3) is 7.35. The van der Waals surface area contributed by atoms with E-state index in [1.807, 2.05) is 62.4 Å². The highest BCUT2D eigenvalue weighted by Gasteiger charge is 2.09. The van der Waals surface area contributed by atoms with Crippen LogP contribution in [-0.4, -0.2) is 11.9 Å². The zero-order valence-corrected chi connectivity index (χ0v) is 19.0. The Bertz CT molecular complexity index is 1010. The van der Waals surface area contributed by atoms with Crippen LogP contribution < -0.4 is 9.47 Å². The van der Waals surface area contributed by atoms with E-state index in [-0.39, 0.29) is 11.9 Å². The molecule has 0 amide bonds. The fourth-order valence-corrected chi connectivity index (χ4v) is 3.02. The molecule has 0 radical (unpaired) electrons. The highest BCUT2D eigenvalue weighted by molar-refractivity contribution is 5.84. The highest BCUT2D eigenvalue weighted by atomic mass is 16.5. The first-order valence-corrected chi connectivity index (χ1v) is 11.2. The molecule has 0 aliphatic rings. The summed E-state index contributed by atoms with van der Waals surface area (Å²) in [5, 5.41) is 0. The van der Waals surface area contributed by atoms with Crippen molar-refractivity contribution in [1.29, 1.82) is 0 Å². The van der Waals surface area contributed by atoms with Crippen LogP contribution in [0.5, 0.6) is 11.5 Å². The van der Waals surface area contributed by atoms with Crippen LogP contribution in [0, 0.1) is 0 Å². The lowest BCUT2D eigenvalue weighted by atomic mass is 10.1. The van der Waals surface area contributed by atoms with Gasteiger partial charge in [-0.3, -0.25) is 0 Å². The van der Waals surface area contributed by atoms with E-state index >= 15 is 0 Å². The molecule has 33 heavy (non-hydrogen) atoms. The minimum Gasteiger partial charge on any atom is -0.456 e. The molecule has 1 aromatic heterocycles. The normalized spacial score (nSPS) is 11.2. The highest BCUT2D eigenvalue weighted by Crippen LogP contribution is 2.30.